The van der Waals surface area contributed by atoms with Crippen LogP contribution >= 0.6 is 0 Å². The number of aryl methyl sites for hydroxylation is 2. The highest BCUT2D eigenvalue weighted by molar-refractivity contribution is 5.74. The summed E-state index contributed by atoms with van der Waals surface area (Å²) in [4.78, 5) is 8.73. The third-order valence-electron chi connectivity index (χ3n) is 5.26. The van der Waals surface area contributed by atoms with E-state index < -0.39 is 11.7 Å². The normalized spacial score (nSPS) is 11.1. The zero-order chi connectivity index (χ0) is 24.3. The maximum absolute atomic E-state index is 12.9. The summed E-state index contributed by atoms with van der Waals surface area (Å²) in [6, 6.07) is 19.8. The lowest BCUT2D eigenvalue weighted by atomic mass is 9.98. The predicted molar refractivity (Wildman–Crippen MR) is 126 cm³/mol. The van der Waals surface area contributed by atoms with Crippen LogP contribution in [-0.2, 0) is 6.18 Å². The van der Waals surface area contributed by atoms with Gasteiger partial charge in [-0.25, -0.2) is 4.98 Å². The first kappa shape index (κ1) is 22.8. The van der Waals surface area contributed by atoms with Gasteiger partial charge in [0.05, 0.1) is 17.2 Å². The summed E-state index contributed by atoms with van der Waals surface area (Å²) in [5.74, 6) is 0.978. The minimum atomic E-state index is -4.36. The van der Waals surface area contributed by atoms with Gasteiger partial charge >= 0.3 is 6.18 Å². The molecule has 0 unspecified atom stereocenters. The minimum absolute atomic E-state index is 0.395. The summed E-state index contributed by atoms with van der Waals surface area (Å²) in [5, 5.41) is 15.3. The van der Waals surface area contributed by atoms with Gasteiger partial charge in [0.15, 0.2) is 0 Å². The standard InChI is InChI=1S/C26H20F3N5/c1-16-13-20(19-5-7-21(8-6-19)26(27,28)29)14-17(2)24(16)33-23-11-12-31-25(34-23)32-22-9-3-18(15-30)4-10-22/h3-14H,1-2H3,(H2,31,32,33,34). The number of alkyl halides is 3. The lowest BCUT2D eigenvalue weighted by Crippen LogP contribution is -2.04. The van der Waals surface area contributed by atoms with Crippen molar-refractivity contribution in [2.75, 3.05) is 10.6 Å². The molecule has 1 heterocycles. The number of hydrogen-bond donors (Lipinski definition) is 2. The molecule has 0 aliphatic carbocycles. The molecule has 8 heteroatoms. The average molecular weight is 459 g/mol. The van der Waals surface area contributed by atoms with Crippen molar-refractivity contribution in [1.29, 1.82) is 5.26 Å². The fourth-order valence-electron chi connectivity index (χ4n) is 3.55. The number of aromatic nitrogens is 2. The molecular formula is C26H20F3N5. The molecule has 170 valence electrons. The molecule has 1 aromatic heterocycles. The molecule has 0 amide bonds. The van der Waals surface area contributed by atoms with Gasteiger partial charge in [0.1, 0.15) is 5.82 Å². The van der Waals surface area contributed by atoms with Gasteiger partial charge < -0.3 is 10.6 Å². The minimum Gasteiger partial charge on any atom is -0.340 e. The average Bonchev–Trinajstić information content (AvgIpc) is 2.81. The summed E-state index contributed by atoms with van der Waals surface area (Å²) < 4.78 is 38.6. The number of nitriles is 1. The molecule has 0 fully saturated rings. The van der Waals surface area contributed by atoms with Crippen molar-refractivity contribution >= 4 is 23.1 Å². The summed E-state index contributed by atoms with van der Waals surface area (Å²) in [6.45, 7) is 3.86. The van der Waals surface area contributed by atoms with Gasteiger partial charge in [-0.2, -0.15) is 23.4 Å². The van der Waals surface area contributed by atoms with Gasteiger partial charge in [0.25, 0.3) is 0 Å². The lowest BCUT2D eigenvalue weighted by molar-refractivity contribution is -0.137. The molecule has 4 rings (SSSR count). The molecule has 4 aromatic rings. The third-order valence-corrected chi connectivity index (χ3v) is 5.26. The Morgan fingerprint density at radius 3 is 2.06 bits per heavy atom. The number of rotatable bonds is 5. The van der Waals surface area contributed by atoms with E-state index in [1.54, 1.807) is 36.5 Å². The van der Waals surface area contributed by atoms with E-state index in [0.717, 1.165) is 40.2 Å². The molecule has 0 aliphatic heterocycles. The van der Waals surface area contributed by atoms with Crippen LogP contribution < -0.4 is 10.6 Å². The smallest absolute Gasteiger partial charge is 0.340 e. The fraction of sp³-hybridized carbons (Fsp3) is 0.115. The highest BCUT2D eigenvalue weighted by atomic mass is 19.4. The summed E-state index contributed by atoms with van der Waals surface area (Å²) >= 11 is 0. The number of nitrogens with zero attached hydrogens (tertiary/aromatic N) is 3. The van der Waals surface area contributed by atoms with Crippen molar-refractivity contribution in [1.82, 2.24) is 9.97 Å². The highest BCUT2D eigenvalue weighted by Gasteiger charge is 2.30. The van der Waals surface area contributed by atoms with Crippen LogP contribution in [0.25, 0.3) is 11.1 Å². The van der Waals surface area contributed by atoms with Gasteiger partial charge in [0, 0.05) is 17.6 Å². The van der Waals surface area contributed by atoms with E-state index in [1.165, 1.54) is 12.1 Å². The van der Waals surface area contributed by atoms with Gasteiger partial charge in [-0.05, 0) is 90.7 Å². The number of anilines is 4. The Kier molecular flexibility index (Phi) is 6.19. The maximum Gasteiger partial charge on any atom is 0.416 e. The van der Waals surface area contributed by atoms with Gasteiger partial charge in [0.2, 0.25) is 5.95 Å². The van der Waals surface area contributed by atoms with Gasteiger partial charge in [-0.1, -0.05) is 12.1 Å². The number of nitrogens with one attached hydrogen (secondary N) is 2. The van der Waals surface area contributed by atoms with E-state index in [2.05, 4.69) is 26.7 Å². The Bertz CT molecular complexity index is 1330. The molecule has 5 nitrogen and oxygen atoms in total. The van der Waals surface area contributed by atoms with Crippen molar-refractivity contribution in [2.24, 2.45) is 0 Å². The van der Waals surface area contributed by atoms with E-state index in [-0.39, 0.29) is 0 Å². The van der Waals surface area contributed by atoms with Crippen molar-refractivity contribution in [2.45, 2.75) is 20.0 Å². The Balaban J connectivity index is 1.54. The molecule has 0 saturated heterocycles. The molecule has 0 saturated carbocycles. The Hall–Kier alpha value is -4.38. The Labute approximate surface area is 194 Å². The Morgan fingerprint density at radius 1 is 0.824 bits per heavy atom. The van der Waals surface area contributed by atoms with Crippen molar-refractivity contribution < 1.29 is 13.2 Å². The highest BCUT2D eigenvalue weighted by Crippen LogP contribution is 2.33. The van der Waals surface area contributed by atoms with Crippen LogP contribution in [-0.4, -0.2) is 9.97 Å². The van der Waals surface area contributed by atoms with Crippen molar-refractivity contribution in [3.05, 3.63) is 95.2 Å². The van der Waals surface area contributed by atoms with E-state index in [0.29, 0.717) is 22.9 Å². The predicted octanol–water partition coefficient (Wildman–Crippen LogP) is 7.14. The van der Waals surface area contributed by atoms with E-state index in [9.17, 15) is 13.2 Å². The first-order valence-electron chi connectivity index (χ1n) is 10.4. The SMILES string of the molecule is Cc1cc(-c2ccc(C(F)(F)F)cc2)cc(C)c1Nc1ccnc(Nc2ccc(C#N)cc2)n1. The molecule has 0 aliphatic rings. The second-order valence-electron chi connectivity index (χ2n) is 7.76. The summed E-state index contributed by atoms with van der Waals surface area (Å²) in [6.07, 6.45) is -2.73. The first-order chi connectivity index (χ1) is 16.2. The number of halogens is 3. The van der Waals surface area contributed by atoms with Crippen LogP contribution in [0.5, 0.6) is 0 Å². The quantitative estimate of drug-likeness (QED) is 0.332. The molecule has 0 spiro atoms. The monoisotopic (exact) mass is 459 g/mol. The van der Waals surface area contributed by atoms with Crippen molar-refractivity contribution in [3.63, 3.8) is 0 Å². The van der Waals surface area contributed by atoms with Gasteiger partial charge in [-0.3, -0.25) is 0 Å². The zero-order valence-electron chi connectivity index (χ0n) is 18.4. The van der Waals surface area contributed by atoms with Crippen LogP contribution in [0.4, 0.5) is 36.3 Å². The van der Waals surface area contributed by atoms with Gasteiger partial charge in [-0.15, -0.1) is 0 Å². The molecule has 0 radical (unpaired) electrons. The number of hydrogen-bond acceptors (Lipinski definition) is 5. The molecule has 0 bridgehead atoms. The van der Waals surface area contributed by atoms with Crippen LogP contribution in [0.1, 0.15) is 22.3 Å². The largest absolute Gasteiger partial charge is 0.416 e. The molecule has 0 atom stereocenters. The molecule has 34 heavy (non-hydrogen) atoms. The summed E-state index contributed by atoms with van der Waals surface area (Å²) in [7, 11) is 0. The molecule has 3 aromatic carbocycles. The van der Waals surface area contributed by atoms with Crippen LogP contribution in [0.15, 0.2) is 72.9 Å². The van der Waals surface area contributed by atoms with E-state index in [4.69, 9.17) is 5.26 Å². The third kappa shape index (κ3) is 5.15. The first-order valence-corrected chi connectivity index (χ1v) is 10.4. The molecule has 2 N–H and O–H groups in total. The summed E-state index contributed by atoms with van der Waals surface area (Å²) in [5.41, 5.74) is 4.90. The maximum atomic E-state index is 12.9. The van der Waals surface area contributed by atoms with Crippen LogP contribution in [0.3, 0.4) is 0 Å². The second-order valence-corrected chi connectivity index (χ2v) is 7.76. The van der Waals surface area contributed by atoms with Crippen LogP contribution in [0.2, 0.25) is 0 Å². The lowest BCUT2D eigenvalue weighted by Gasteiger charge is -2.15. The van der Waals surface area contributed by atoms with E-state index >= 15 is 0 Å². The van der Waals surface area contributed by atoms with Crippen molar-refractivity contribution in [3.8, 4) is 17.2 Å². The fourth-order valence-corrected chi connectivity index (χ4v) is 3.55. The second kappa shape index (κ2) is 9.24. The Morgan fingerprint density at radius 2 is 1.47 bits per heavy atom. The van der Waals surface area contributed by atoms with Crippen LogP contribution in [0, 0.1) is 25.2 Å². The zero-order valence-corrected chi connectivity index (χ0v) is 18.4. The molecular weight excluding hydrogens is 439 g/mol. The number of benzene rings is 3. The van der Waals surface area contributed by atoms with E-state index in [1.807, 2.05) is 26.0 Å². The topological polar surface area (TPSA) is 73.6 Å².